The molecule has 2 N–H and O–H groups in total. The second-order valence-corrected chi connectivity index (χ2v) is 9.16. The zero-order chi connectivity index (χ0) is 21.9. The summed E-state index contributed by atoms with van der Waals surface area (Å²) >= 11 is 1.05. The van der Waals surface area contributed by atoms with E-state index < -0.39 is 0 Å². The van der Waals surface area contributed by atoms with Crippen molar-refractivity contribution < 1.29 is 10.0 Å². The van der Waals surface area contributed by atoms with Crippen LogP contribution < -0.4 is 9.19 Å². The third-order valence-electron chi connectivity index (χ3n) is 6.07. The highest BCUT2D eigenvalue weighted by molar-refractivity contribution is 8.01. The van der Waals surface area contributed by atoms with E-state index >= 15 is 0 Å². The van der Waals surface area contributed by atoms with E-state index in [1.807, 2.05) is 59.5 Å². The van der Waals surface area contributed by atoms with Gasteiger partial charge in [0.15, 0.2) is 0 Å². The summed E-state index contributed by atoms with van der Waals surface area (Å²) in [5.41, 5.74) is 2.82. The van der Waals surface area contributed by atoms with Crippen molar-refractivity contribution in [2.75, 3.05) is 41.9 Å². The van der Waals surface area contributed by atoms with Gasteiger partial charge in [-0.05, 0) is 55.2 Å². The number of para-hydroxylation sites is 1. The topological polar surface area (TPSA) is 71.9 Å². The lowest BCUT2D eigenvalue weighted by atomic mass is 10.1. The normalized spacial score (nSPS) is 16.8. The molecule has 1 amide bonds. The number of anilines is 2. The number of carbonyl (C=O) groups is 1. The number of aromatic nitrogens is 1. The van der Waals surface area contributed by atoms with Crippen molar-refractivity contribution in [3.8, 4) is 0 Å². The molecule has 1 saturated heterocycles. The molecule has 5 rings (SSSR count). The summed E-state index contributed by atoms with van der Waals surface area (Å²) in [6.07, 6.45) is 4.44. The average molecular weight is 450 g/mol. The Morgan fingerprint density at radius 3 is 2.56 bits per heavy atom. The van der Waals surface area contributed by atoms with Crippen LogP contribution in [-0.4, -0.2) is 58.6 Å². The highest BCUT2D eigenvalue weighted by atomic mass is 32.2. The lowest BCUT2D eigenvalue weighted by molar-refractivity contribution is 0.0632. The first kappa shape index (κ1) is 21.1. The van der Waals surface area contributed by atoms with Gasteiger partial charge in [0, 0.05) is 55.6 Å². The van der Waals surface area contributed by atoms with E-state index in [1.165, 1.54) is 19.4 Å². The van der Waals surface area contributed by atoms with E-state index in [0.29, 0.717) is 11.3 Å². The van der Waals surface area contributed by atoms with Crippen LogP contribution in [0.25, 0.3) is 10.9 Å². The van der Waals surface area contributed by atoms with E-state index in [-0.39, 0.29) is 5.91 Å². The standard InChI is InChI=1S/C24H27N5O2S/c30-24(28-15-13-27(14-16-28)17-18-6-7-18)20-8-10-21(11-9-20)26-32-29(31)22-5-1-3-19-4-2-12-25-23(19)22/h1-5,8-12,18,26,31H,6-7,13-17H2. The molecular formula is C24H27N5O2S. The Morgan fingerprint density at radius 2 is 1.81 bits per heavy atom. The van der Waals surface area contributed by atoms with Gasteiger partial charge in [0.25, 0.3) is 5.91 Å². The minimum Gasteiger partial charge on any atom is -0.336 e. The number of rotatable bonds is 7. The lowest BCUT2D eigenvalue weighted by Crippen LogP contribution is -2.49. The van der Waals surface area contributed by atoms with Crippen molar-refractivity contribution in [1.82, 2.24) is 14.8 Å². The van der Waals surface area contributed by atoms with Crippen LogP contribution in [0.2, 0.25) is 0 Å². The highest BCUT2D eigenvalue weighted by Crippen LogP contribution is 2.30. The maximum atomic E-state index is 12.9. The summed E-state index contributed by atoms with van der Waals surface area (Å²) in [5, 5.41) is 11.5. The Kier molecular flexibility index (Phi) is 6.16. The minimum atomic E-state index is 0.0842. The molecule has 8 heteroatoms. The zero-order valence-corrected chi connectivity index (χ0v) is 18.7. The fraction of sp³-hybridized carbons (Fsp3) is 0.333. The van der Waals surface area contributed by atoms with Crippen LogP contribution >= 0.6 is 12.1 Å². The van der Waals surface area contributed by atoms with Crippen molar-refractivity contribution in [2.45, 2.75) is 12.8 Å². The first-order chi connectivity index (χ1) is 15.7. The molecule has 1 aromatic heterocycles. The second kappa shape index (κ2) is 9.36. The molecule has 1 saturated carbocycles. The summed E-state index contributed by atoms with van der Waals surface area (Å²) < 4.78 is 4.18. The van der Waals surface area contributed by atoms with Crippen LogP contribution in [0.1, 0.15) is 23.2 Å². The van der Waals surface area contributed by atoms with Crippen molar-refractivity contribution in [3.63, 3.8) is 0 Å². The number of nitrogens with one attached hydrogen (secondary N) is 1. The quantitative estimate of drug-likeness (QED) is 0.412. The molecule has 0 spiro atoms. The molecular weight excluding hydrogens is 422 g/mol. The van der Waals surface area contributed by atoms with Gasteiger partial charge in [-0.15, -0.1) is 0 Å². The minimum absolute atomic E-state index is 0.0842. The Morgan fingerprint density at radius 1 is 1.06 bits per heavy atom. The molecule has 2 heterocycles. The number of hydrogen-bond acceptors (Lipinski definition) is 7. The lowest BCUT2D eigenvalue weighted by Gasteiger charge is -2.34. The zero-order valence-electron chi connectivity index (χ0n) is 17.9. The maximum Gasteiger partial charge on any atom is 0.253 e. The molecule has 3 aromatic rings. The SMILES string of the molecule is O=C(c1ccc(NSN(O)c2cccc3cccnc23)cc1)N1CCN(CC2CC2)CC1. The summed E-state index contributed by atoms with van der Waals surface area (Å²) in [4.78, 5) is 21.7. The van der Waals surface area contributed by atoms with Gasteiger partial charge in [0.2, 0.25) is 0 Å². The summed E-state index contributed by atoms with van der Waals surface area (Å²) in [7, 11) is 0. The predicted molar refractivity (Wildman–Crippen MR) is 129 cm³/mol. The van der Waals surface area contributed by atoms with E-state index in [4.69, 9.17) is 0 Å². The van der Waals surface area contributed by atoms with Gasteiger partial charge in [0.1, 0.15) is 5.69 Å². The van der Waals surface area contributed by atoms with Crippen molar-refractivity contribution >= 4 is 40.3 Å². The molecule has 7 nitrogen and oxygen atoms in total. The second-order valence-electron chi connectivity index (χ2n) is 8.43. The monoisotopic (exact) mass is 449 g/mol. The number of amides is 1. The summed E-state index contributed by atoms with van der Waals surface area (Å²) in [6.45, 7) is 4.71. The van der Waals surface area contributed by atoms with Gasteiger partial charge in [-0.1, -0.05) is 18.2 Å². The Balaban J connectivity index is 1.15. The average Bonchev–Trinajstić information content (AvgIpc) is 3.66. The number of piperazine rings is 1. The third-order valence-corrected chi connectivity index (χ3v) is 6.77. The maximum absolute atomic E-state index is 12.9. The van der Waals surface area contributed by atoms with Gasteiger partial charge in [-0.2, -0.15) is 4.47 Å². The number of hydrogen-bond donors (Lipinski definition) is 2. The van der Waals surface area contributed by atoms with E-state index in [9.17, 15) is 10.0 Å². The van der Waals surface area contributed by atoms with Crippen LogP contribution in [0.15, 0.2) is 60.8 Å². The number of benzene rings is 2. The first-order valence-corrected chi connectivity index (χ1v) is 11.8. The molecule has 2 fully saturated rings. The van der Waals surface area contributed by atoms with Crippen LogP contribution in [0.3, 0.4) is 0 Å². The highest BCUT2D eigenvalue weighted by Gasteiger charge is 2.27. The molecule has 0 atom stereocenters. The molecule has 1 aliphatic heterocycles. The Hall–Kier alpha value is -2.81. The van der Waals surface area contributed by atoms with Gasteiger partial charge in [-0.3, -0.25) is 19.9 Å². The number of pyridine rings is 1. The van der Waals surface area contributed by atoms with Gasteiger partial charge < -0.3 is 9.62 Å². The van der Waals surface area contributed by atoms with Crippen molar-refractivity contribution in [2.24, 2.45) is 5.92 Å². The van der Waals surface area contributed by atoms with E-state index in [1.54, 1.807) is 6.20 Å². The fourth-order valence-electron chi connectivity index (χ4n) is 4.05. The Bertz CT molecular complexity index is 1080. The molecule has 1 aliphatic carbocycles. The van der Waals surface area contributed by atoms with E-state index in [2.05, 4.69) is 14.6 Å². The summed E-state index contributed by atoms with van der Waals surface area (Å²) in [6, 6.07) is 16.9. The third kappa shape index (κ3) is 4.82. The largest absolute Gasteiger partial charge is 0.336 e. The molecule has 0 bridgehead atoms. The fourth-order valence-corrected chi connectivity index (χ4v) is 4.62. The molecule has 2 aliphatic rings. The molecule has 2 aromatic carbocycles. The van der Waals surface area contributed by atoms with Crippen molar-refractivity contribution in [1.29, 1.82) is 0 Å². The van der Waals surface area contributed by atoms with Gasteiger partial charge >= 0.3 is 0 Å². The molecule has 32 heavy (non-hydrogen) atoms. The van der Waals surface area contributed by atoms with Crippen LogP contribution in [0.4, 0.5) is 11.4 Å². The van der Waals surface area contributed by atoms with Gasteiger partial charge in [0.05, 0.1) is 17.7 Å². The van der Waals surface area contributed by atoms with Crippen LogP contribution in [0, 0.1) is 5.92 Å². The summed E-state index contributed by atoms with van der Waals surface area (Å²) in [5.74, 6) is 0.975. The van der Waals surface area contributed by atoms with E-state index in [0.717, 1.165) is 65.3 Å². The van der Waals surface area contributed by atoms with Crippen LogP contribution in [0.5, 0.6) is 0 Å². The molecule has 0 unspecified atom stereocenters. The predicted octanol–water partition coefficient (Wildman–Crippen LogP) is 4.27. The number of carbonyl (C=O) groups excluding carboxylic acids is 1. The van der Waals surface area contributed by atoms with Gasteiger partial charge in [-0.25, -0.2) is 0 Å². The smallest absolute Gasteiger partial charge is 0.253 e. The molecule has 0 radical (unpaired) electrons. The van der Waals surface area contributed by atoms with Crippen LogP contribution in [-0.2, 0) is 0 Å². The molecule has 166 valence electrons. The number of nitrogens with zero attached hydrogens (tertiary/aromatic N) is 4. The first-order valence-electron chi connectivity index (χ1n) is 11.0. The van der Waals surface area contributed by atoms with Crippen molar-refractivity contribution in [3.05, 3.63) is 66.4 Å². The number of fused-ring (bicyclic) bond motifs is 1. The Labute approximate surface area is 192 Å².